The van der Waals surface area contributed by atoms with Crippen LogP contribution in [0.5, 0.6) is 0 Å². The third kappa shape index (κ3) is 2.37. The molecule has 1 saturated carbocycles. The lowest BCUT2D eigenvalue weighted by Gasteiger charge is -2.29. The summed E-state index contributed by atoms with van der Waals surface area (Å²) < 4.78 is 0. The first-order valence-electron chi connectivity index (χ1n) is 5.57. The minimum absolute atomic E-state index is 0.129. The molecule has 4 nitrogen and oxygen atoms in total. The maximum absolute atomic E-state index is 11.4. The molecule has 2 N–H and O–H groups in total. The molecule has 82 valence electrons. The first kappa shape index (κ1) is 10.2. The van der Waals surface area contributed by atoms with Crippen LogP contribution < -0.4 is 10.9 Å². The average molecular weight is 207 g/mol. The molecule has 2 atom stereocenters. The topological polar surface area (TPSA) is 57.8 Å². The normalized spacial score (nSPS) is 26.2. The fraction of sp³-hybridized carbons (Fsp3) is 0.636. The van der Waals surface area contributed by atoms with Crippen molar-refractivity contribution in [2.75, 3.05) is 5.32 Å². The Hall–Kier alpha value is -1.32. The molecule has 1 aliphatic rings. The predicted molar refractivity (Wildman–Crippen MR) is 59.9 cm³/mol. The summed E-state index contributed by atoms with van der Waals surface area (Å²) in [6.45, 7) is 2.23. The Labute approximate surface area is 89.1 Å². The molecule has 0 radical (unpaired) electrons. The molecule has 0 amide bonds. The zero-order valence-corrected chi connectivity index (χ0v) is 8.99. The highest BCUT2D eigenvalue weighted by atomic mass is 16.1. The second-order valence-corrected chi connectivity index (χ2v) is 4.28. The van der Waals surface area contributed by atoms with Gasteiger partial charge in [0.1, 0.15) is 0 Å². The third-order valence-electron chi connectivity index (χ3n) is 3.14. The molecule has 2 unspecified atom stereocenters. The molecule has 1 aromatic heterocycles. The highest BCUT2D eigenvalue weighted by Gasteiger charge is 2.21. The van der Waals surface area contributed by atoms with Gasteiger partial charge in [0.2, 0.25) is 0 Å². The molecule has 1 fully saturated rings. The quantitative estimate of drug-likeness (QED) is 0.777. The number of rotatable bonds is 2. The van der Waals surface area contributed by atoms with Gasteiger partial charge in [0.05, 0.1) is 0 Å². The van der Waals surface area contributed by atoms with Gasteiger partial charge in [-0.1, -0.05) is 19.8 Å². The summed E-state index contributed by atoms with van der Waals surface area (Å²) >= 11 is 0. The van der Waals surface area contributed by atoms with Crippen molar-refractivity contribution >= 4 is 5.82 Å². The molecule has 0 aromatic carbocycles. The number of nitrogens with one attached hydrogen (secondary N) is 2. The van der Waals surface area contributed by atoms with E-state index in [0.717, 1.165) is 6.42 Å². The van der Waals surface area contributed by atoms with E-state index < -0.39 is 0 Å². The zero-order valence-electron chi connectivity index (χ0n) is 8.99. The van der Waals surface area contributed by atoms with Crippen LogP contribution >= 0.6 is 0 Å². The van der Waals surface area contributed by atoms with Crippen molar-refractivity contribution in [3.63, 3.8) is 0 Å². The molecular weight excluding hydrogens is 190 g/mol. The van der Waals surface area contributed by atoms with E-state index in [1.807, 2.05) is 0 Å². The van der Waals surface area contributed by atoms with Crippen LogP contribution in [-0.2, 0) is 0 Å². The second-order valence-electron chi connectivity index (χ2n) is 4.28. The molecule has 0 bridgehead atoms. The van der Waals surface area contributed by atoms with Gasteiger partial charge in [0.15, 0.2) is 5.82 Å². The maximum atomic E-state index is 11.4. The standard InChI is InChI=1S/C11H17N3O/c1-8-4-2-3-5-9(8)14-10-11(15)13-7-6-12-10/h6-9H,2-5H2,1H3,(H,12,14)(H,13,15). The zero-order chi connectivity index (χ0) is 10.7. The summed E-state index contributed by atoms with van der Waals surface area (Å²) in [5, 5.41) is 3.24. The molecular formula is C11H17N3O. The lowest BCUT2D eigenvalue weighted by molar-refractivity contribution is 0.348. The fourth-order valence-electron chi connectivity index (χ4n) is 2.16. The highest BCUT2D eigenvalue weighted by Crippen LogP contribution is 2.25. The molecule has 2 rings (SSSR count). The van der Waals surface area contributed by atoms with Gasteiger partial charge in [-0.2, -0.15) is 0 Å². The number of anilines is 1. The van der Waals surface area contributed by atoms with Gasteiger partial charge in [-0.05, 0) is 18.8 Å². The van der Waals surface area contributed by atoms with E-state index in [1.165, 1.54) is 19.3 Å². The number of hydrogen-bond donors (Lipinski definition) is 2. The maximum Gasteiger partial charge on any atom is 0.290 e. The Kier molecular flexibility index (Phi) is 3.04. The van der Waals surface area contributed by atoms with Gasteiger partial charge in [-0.3, -0.25) is 4.79 Å². The summed E-state index contributed by atoms with van der Waals surface area (Å²) in [7, 11) is 0. The molecule has 4 heteroatoms. The third-order valence-corrected chi connectivity index (χ3v) is 3.14. The molecule has 15 heavy (non-hydrogen) atoms. The SMILES string of the molecule is CC1CCCCC1Nc1ncc[nH]c1=O. The van der Waals surface area contributed by atoms with E-state index in [9.17, 15) is 4.79 Å². The van der Waals surface area contributed by atoms with Crippen LogP contribution in [0.3, 0.4) is 0 Å². The van der Waals surface area contributed by atoms with Crippen LogP contribution in [-0.4, -0.2) is 16.0 Å². The number of aromatic nitrogens is 2. The summed E-state index contributed by atoms with van der Waals surface area (Å²) in [5.41, 5.74) is -0.129. The van der Waals surface area contributed by atoms with E-state index in [-0.39, 0.29) is 5.56 Å². The largest absolute Gasteiger partial charge is 0.362 e. The Morgan fingerprint density at radius 3 is 3.00 bits per heavy atom. The number of nitrogens with zero attached hydrogens (tertiary/aromatic N) is 1. The summed E-state index contributed by atoms with van der Waals surface area (Å²) in [6.07, 6.45) is 8.08. The van der Waals surface area contributed by atoms with Crippen molar-refractivity contribution in [1.29, 1.82) is 0 Å². The van der Waals surface area contributed by atoms with Gasteiger partial charge in [0, 0.05) is 18.4 Å². The van der Waals surface area contributed by atoms with Crippen molar-refractivity contribution in [2.24, 2.45) is 5.92 Å². The molecule has 1 aromatic rings. The van der Waals surface area contributed by atoms with E-state index >= 15 is 0 Å². The van der Waals surface area contributed by atoms with Crippen molar-refractivity contribution in [3.8, 4) is 0 Å². The summed E-state index contributed by atoms with van der Waals surface area (Å²) in [6, 6.07) is 0.398. The number of hydrogen-bond acceptors (Lipinski definition) is 3. The first-order valence-corrected chi connectivity index (χ1v) is 5.57. The van der Waals surface area contributed by atoms with Gasteiger partial charge in [-0.15, -0.1) is 0 Å². The van der Waals surface area contributed by atoms with E-state index in [0.29, 0.717) is 17.8 Å². The molecule has 1 heterocycles. The average Bonchev–Trinajstić information content (AvgIpc) is 2.24. The second kappa shape index (κ2) is 4.47. The van der Waals surface area contributed by atoms with Crippen LogP contribution in [0.4, 0.5) is 5.82 Å². The smallest absolute Gasteiger partial charge is 0.290 e. The molecule has 0 aliphatic heterocycles. The van der Waals surface area contributed by atoms with Crippen LogP contribution in [0.25, 0.3) is 0 Å². The molecule has 1 aliphatic carbocycles. The minimum atomic E-state index is -0.129. The molecule has 0 spiro atoms. The van der Waals surface area contributed by atoms with Crippen LogP contribution in [0.1, 0.15) is 32.6 Å². The van der Waals surface area contributed by atoms with Gasteiger partial charge < -0.3 is 10.3 Å². The van der Waals surface area contributed by atoms with Crippen LogP contribution in [0.2, 0.25) is 0 Å². The van der Waals surface area contributed by atoms with Gasteiger partial charge in [-0.25, -0.2) is 4.98 Å². The van der Waals surface area contributed by atoms with Gasteiger partial charge >= 0.3 is 0 Å². The number of aromatic amines is 1. The Bertz CT molecular complexity index is 374. The fourth-order valence-corrected chi connectivity index (χ4v) is 2.16. The Morgan fingerprint density at radius 2 is 2.27 bits per heavy atom. The van der Waals surface area contributed by atoms with Crippen LogP contribution in [0.15, 0.2) is 17.2 Å². The number of H-pyrrole nitrogens is 1. The van der Waals surface area contributed by atoms with Crippen molar-refractivity contribution in [3.05, 3.63) is 22.7 Å². The van der Waals surface area contributed by atoms with Crippen molar-refractivity contribution < 1.29 is 0 Å². The minimum Gasteiger partial charge on any atom is -0.362 e. The summed E-state index contributed by atoms with van der Waals surface area (Å²) in [5.74, 6) is 1.08. The summed E-state index contributed by atoms with van der Waals surface area (Å²) in [4.78, 5) is 18.1. The van der Waals surface area contributed by atoms with E-state index in [2.05, 4.69) is 22.2 Å². The van der Waals surface area contributed by atoms with Crippen molar-refractivity contribution in [1.82, 2.24) is 9.97 Å². The van der Waals surface area contributed by atoms with Crippen molar-refractivity contribution in [2.45, 2.75) is 38.6 Å². The van der Waals surface area contributed by atoms with E-state index in [1.54, 1.807) is 12.4 Å². The lowest BCUT2D eigenvalue weighted by atomic mass is 9.86. The Morgan fingerprint density at radius 1 is 1.47 bits per heavy atom. The lowest BCUT2D eigenvalue weighted by Crippen LogP contribution is -2.33. The van der Waals surface area contributed by atoms with Crippen LogP contribution in [0, 0.1) is 5.92 Å². The van der Waals surface area contributed by atoms with E-state index in [4.69, 9.17) is 0 Å². The Balaban J connectivity index is 2.08. The van der Waals surface area contributed by atoms with Gasteiger partial charge in [0.25, 0.3) is 5.56 Å². The molecule has 0 saturated heterocycles. The monoisotopic (exact) mass is 207 g/mol. The first-order chi connectivity index (χ1) is 7.27. The predicted octanol–water partition coefficient (Wildman–Crippen LogP) is 1.76. The highest BCUT2D eigenvalue weighted by molar-refractivity contribution is 5.31.